The van der Waals surface area contributed by atoms with E-state index in [0.717, 1.165) is 42.0 Å². The van der Waals surface area contributed by atoms with E-state index in [1.807, 2.05) is 37.3 Å². The molecule has 0 saturated heterocycles. The number of hydrogen-bond acceptors (Lipinski definition) is 4. The second-order valence-corrected chi connectivity index (χ2v) is 9.12. The third kappa shape index (κ3) is 5.88. The molecular formula is C30H35N3O3. The zero-order valence-corrected chi connectivity index (χ0v) is 21.5. The molecule has 0 saturated carbocycles. The number of ether oxygens (including phenoxy) is 2. The fraction of sp³-hybridized carbons (Fsp3) is 0.333. The minimum atomic E-state index is -0.273. The molecule has 1 aromatic heterocycles. The van der Waals surface area contributed by atoms with Gasteiger partial charge in [-0.15, -0.1) is 0 Å². The predicted molar refractivity (Wildman–Crippen MR) is 144 cm³/mol. The number of nitrogens with zero attached hydrogens (tertiary/aromatic N) is 2. The molecule has 6 nitrogen and oxygen atoms in total. The number of benzene rings is 3. The van der Waals surface area contributed by atoms with Crippen LogP contribution < -0.4 is 14.8 Å². The maximum absolute atomic E-state index is 12.9. The number of aromatic nitrogens is 2. The van der Waals surface area contributed by atoms with Crippen LogP contribution in [0.2, 0.25) is 0 Å². The lowest BCUT2D eigenvalue weighted by atomic mass is 9.99. The van der Waals surface area contributed by atoms with Gasteiger partial charge in [0.2, 0.25) is 0 Å². The lowest BCUT2D eigenvalue weighted by Crippen LogP contribution is -2.29. The number of methoxy groups -OCH3 is 1. The van der Waals surface area contributed by atoms with Crippen molar-refractivity contribution >= 4 is 16.9 Å². The molecule has 2 unspecified atom stereocenters. The summed E-state index contributed by atoms with van der Waals surface area (Å²) in [5.41, 5.74) is 3.85. The molecule has 0 aliphatic rings. The first-order chi connectivity index (χ1) is 17.5. The van der Waals surface area contributed by atoms with Crippen molar-refractivity contribution in [3.63, 3.8) is 0 Å². The number of aryl methyl sites for hydroxylation is 1. The third-order valence-electron chi connectivity index (χ3n) is 6.61. The number of para-hydroxylation sites is 2. The highest BCUT2D eigenvalue weighted by Crippen LogP contribution is 2.24. The van der Waals surface area contributed by atoms with E-state index < -0.39 is 0 Å². The van der Waals surface area contributed by atoms with Crippen molar-refractivity contribution in [1.82, 2.24) is 14.9 Å². The summed E-state index contributed by atoms with van der Waals surface area (Å²) in [6.45, 7) is 7.74. The van der Waals surface area contributed by atoms with Crippen LogP contribution in [0.15, 0.2) is 72.8 Å². The highest BCUT2D eigenvalue weighted by molar-refractivity contribution is 5.94. The highest BCUT2D eigenvalue weighted by atomic mass is 16.5. The van der Waals surface area contributed by atoms with Crippen LogP contribution in [0.1, 0.15) is 67.3 Å². The molecule has 2 atom stereocenters. The van der Waals surface area contributed by atoms with E-state index in [-0.39, 0.29) is 11.9 Å². The fourth-order valence-corrected chi connectivity index (χ4v) is 4.31. The smallest absolute Gasteiger partial charge is 0.251 e. The fourth-order valence-electron chi connectivity index (χ4n) is 4.31. The van der Waals surface area contributed by atoms with Gasteiger partial charge in [0.05, 0.1) is 30.8 Å². The van der Waals surface area contributed by atoms with Gasteiger partial charge in [-0.3, -0.25) is 4.79 Å². The van der Waals surface area contributed by atoms with E-state index in [0.29, 0.717) is 23.8 Å². The van der Waals surface area contributed by atoms with Gasteiger partial charge in [-0.05, 0) is 73.7 Å². The molecule has 6 heteroatoms. The number of nitrogens with one attached hydrogen (secondary N) is 1. The van der Waals surface area contributed by atoms with Gasteiger partial charge in [0, 0.05) is 12.1 Å². The van der Waals surface area contributed by atoms with Gasteiger partial charge < -0.3 is 19.4 Å². The van der Waals surface area contributed by atoms with E-state index in [1.54, 1.807) is 19.2 Å². The maximum Gasteiger partial charge on any atom is 0.251 e. The Labute approximate surface area is 213 Å². The lowest BCUT2D eigenvalue weighted by Gasteiger charge is -2.17. The molecule has 0 spiro atoms. The maximum atomic E-state index is 12.9. The Morgan fingerprint density at radius 2 is 1.78 bits per heavy atom. The molecule has 0 bridgehead atoms. The highest BCUT2D eigenvalue weighted by Gasteiger charge is 2.19. The summed E-state index contributed by atoms with van der Waals surface area (Å²) in [5.74, 6) is 2.75. The number of fused-ring (bicyclic) bond motifs is 1. The van der Waals surface area contributed by atoms with E-state index in [4.69, 9.17) is 14.5 Å². The van der Waals surface area contributed by atoms with Crippen molar-refractivity contribution in [3.8, 4) is 11.5 Å². The molecule has 36 heavy (non-hydrogen) atoms. The SMILES string of the molecule is CCC(C)c1ccc(OCCCn2c(C(C)NC(=O)c3cccc(OC)c3)nc3ccccc32)cc1. The van der Waals surface area contributed by atoms with E-state index in [1.165, 1.54) is 5.56 Å². The first kappa shape index (κ1) is 25.3. The molecule has 4 aromatic rings. The van der Waals surface area contributed by atoms with Crippen LogP contribution >= 0.6 is 0 Å². The first-order valence-corrected chi connectivity index (χ1v) is 12.6. The second kappa shape index (κ2) is 11.8. The van der Waals surface area contributed by atoms with Gasteiger partial charge in [-0.2, -0.15) is 0 Å². The molecule has 3 aromatic carbocycles. The van der Waals surface area contributed by atoms with Crippen molar-refractivity contribution in [2.75, 3.05) is 13.7 Å². The number of imidazole rings is 1. The number of hydrogen-bond donors (Lipinski definition) is 1. The van der Waals surface area contributed by atoms with Crippen molar-refractivity contribution in [2.24, 2.45) is 0 Å². The summed E-state index contributed by atoms with van der Waals surface area (Å²) in [6.07, 6.45) is 1.94. The Morgan fingerprint density at radius 1 is 1.00 bits per heavy atom. The minimum absolute atomic E-state index is 0.163. The Morgan fingerprint density at radius 3 is 2.53 bits per heavy atom. The van der Waals surface area contributed by atoms with Gasteiger partial charge >= 0.3 is 0 Å². The zero-order chi connectivity index (χ0) is 25.5. The van der Waals surface area contributed by atoms with Crippen LogP contribution in [0.4, 0.5) is 0 Å². The third-order valence-corrected chi connectivity index (χ3v) is 6.61. The zero-order valence-electron chi connectivity index (χ0n) is 21.5. The van der Waals surface area contributed by atoms with E-state index >= 15 is 0 Å². The van der Waals surface area contributed by atoms with Crippen LogP contribution in [0.25, 0.3) is 11.0 Å². The van der Waals surface area contributed by atoms with Crippen LogP contribution in [0, 0.1) is 0 Å². The molecule has 0 aliphatic heterocycles. The van der Waals surface area contributed by atoms with Gasteiger partial charge in [0.1, 0.15) is 17.3 Å². The molecule has 188 valence electrons. The molecule has 1 N–H and O–H groups in total. The van der Waals surface area contributed by atoms with Crippen molar-refractivity contribution in [1.29, 1.82) is 0 Å². The molecule has 0 radical (unpaired) electrons. The molecule has 4 rings (SSSR count). The van der Waals surface area contributed by atoms with Gasteiger partial charge in [0.15, 0.2) is 0 Å². The topological polar surface area (TPSA) is 65.4 Å². The predicted octanol–water partition coefficient (Wildman–Crippen LogP) is 6.52. The van der Waals surface area contributed by atoms with Crippen LogP contribution in [0.5, 0.6) is 11.5 Å². The van der Waals surface area contributed by atoms with Crippen molar-refractivity contribution in [2.45, 2.75) is 52.1 Å². The quantitative estimate of drug-likeness (QED) is 0.246. The van der Waals surface area contributed by atoms with Crippen LogP contribution in [0.3, 0.4) is 0 Å². The Bertz CT molecular complexity index is 1300. The molecular weight excluding hydrogens is 450 g/mol. The number of rotatable bonds is 11. The Hall–Kier alpha value is -3.80. The largest absolute Gasteiger partial charge is 0.497 e. The summed E-state index contributed by atoms with van der Waals surface area (Å²) in [4.78, 5) is 17.7. The lowest BCUT2D eigenvalue weighted by molar-refractivity contribution is 0.0937. The van der Waals surface area contributed by atoms with E-state index in [2.05, 4.69) is 54.1 Å². The summed E-state index contributed by atoms with van der Waals surface area (Å²) >= 11 is 0. The number of amides is 1. The van der Waals surface area contributed by atoms with Gasteiger partial charge in [-0.1, -0.05) is 44.2 Å². The standard InChI is InChI=1S/C30H35N3O3/c1-5-21(2)23-14-16-25(17-15-23)36-19-9-18-33-28-13-7-6-12-27(28)32-29(33)22(3)31-30(34)24-10-8-11-26(20-24)35-4/h6-8,10-17,20-22H,5,9,18-19H2,1-4H3,(H,31,34). The Kier molecular flexibility index (Phi) is 8.26. The monoisotopic (exact) mass is 485 g/mol. The van der Waals surface area contributed by atoms with E-state index in [9.17, 15) is 4.79 Å². The summed E-state index contributed by atoms with van der Waals surface area (Å²) in [5, 5.41) is 3.09. The van der Waals surface area contributed by atoms with Crippen molar-refractivity contribution in [3.05, 3.63) is 89.7 Å². The minimum Gasteiger partial charge on any atom is -0.497 e. The number of carbonyl (C=O) groups excluding carboxylic acids is 1. The average molecular weight is 486 g/mol. The van der Waals surface area contributed by atoms with Crippen LogP contribution in [-0.2, 0) is 6.54 Å². The van der Waals surface area contributed by atoms with Gasteiger partial charge in [0.25, 0.3) is 5.91 Å². The van der Waals surface area contributed by atoms with Crippen LogP contribution in [-0.4, -0.2) is 29.2 Å². The normalized spacial score (nSPS) is 12.8. The molecule has 0 fully saturated rings. The average Bonchev–Trinajstić information content (AvgIpc) is 3.29. The van der Waals surface area contributed by atoms with Gasteiger partial charge in [-0.25, -0.2) is 4.98 Å². The first-order valence-electron chi connectivity index (χ1n) is 12.6. The Balaban J connectivity index is 1.43. The summed E-state index contributed by atoms with van der Waals surface area (Å²) < 4.78 is 13.4. The number of carbonyl (C=O) groups is 1. The van der Waals surface area contributed by atoms with Crippen molar-refractivity contribution < 1.29 is 14.3 Å². The molecule has 1 heterocycles. The summed E-state index contributed by atoms with van der Waals surface area (Å²) in [6, 6.07) is 23.3. The molecule has 1 amide bonds. The summed E-state index contributed by atoms with van der Waals surface area (Å²) in [7, 11) is 1.59. The second-order valence-electron chi connectivity index (χ2n) is 9.12. The molecule has 0 aliphatic carbocycles.